The third kappa shape index (κ3) is 5.88. The van der Waals surface area contributed by atoms with Crippen LogP contribution in [0.3, 0.4) is 0 Å². The molecule has 1 amide bonds. The first-order chi connectivity index (χ1) is 13.0. The molecule has 0 spiro atoms. The van der Waals surface area contributed by atoms with Crippen molar-refractivity contribution in [3.8, 4) is 11.5 Å². The smallest absolute Gasteiger partial charge is 0.311 e. The monoisotopic (exact) mass is 377 g/mol. The van der Waals surface area contributed by atoms with Gasteiger partial charge in [-0.05, 0) is 45.2 Å². The topological polar surface area (TPSA) is 73.9 Å². The summed E-state index contributed by atoms with van der Waals surface area (Å²) in [4.78, 5) is 24.5. The van der Waals surface area contributed by atoms with Crippen LogP contribution >= 0.6 is 0 Å². The van der Waals surface area contributed by atoms with Crippen LogP contribution in [-0.2, 0) is 14.3 Å². The second kappa shape index (κ2) is 10.2. The van der Waals surface area contributed by atoms with Gasteiger partial charge in [-0.25, -0.2) is 0 Å². The Balaban J connectivity index is 1.81. The lowest BCUT2D eigenvalue weighted by Crippen LogP contribution is -2.55. The lowest BCUT2D eigenvalue weighted by Gasteiger charge is -2.40. The number of esters is 1. The summed E-state index contributed by atoms with van der Waals surface area (Å²) in [6.07, 6.45) is 4.46. The summed E-state index contributed by atoms with van der Waals surface area (Å²) >= 11 is 0. The van der Waals surface area contributed by atoms with Gasteiger partial charge in [-0.2, -0.15) is 0 Å². The molecule has 2 atom stereocenters. The van der Waals surface area contributed by atoms with E-state index in [0.717, 1.165) is 25.7 Å². The van der Waals surface area contributed by atoms with Crippen molar-refractivity contribution >= 4 is 11.9 Å². The summed E-state index contributed by atoms with van der Waals surface area (Å²) in [5.74, 6) is 0.808. The summed E-state index contributed by atoms with van der Waals surface area (Å²) in [6, 6.07) is 7.51. The van der Waals surface area contributed by atoms with Gasteiger partial charge in [0.1, 0.15) is 0 Å². The SMILES string of the molecule is CCOc1ccccc1OCCCC(=O)N[C@]1(C)CCCC[C@H]1C(=O)OC. The van der Waals surface area contributed by atoms with E-state index in [2.05, 4.69) is 5.32 Å². The molecule has 27 heavy (non-hydrogen) atoms. The fourth-order valence-electron chi connectivity index (χ4n) is 3.64. The quantitative estimate of drug-likeness (QED) is 0.527. The Kier molecular flexibility index (Phi) is 7.95. The zero-order valence-corrected chi connectivity index (χ0v) is 16.6. The Bertz CT molecular complexity index is 633. The van der Waals surface area contributed by atoms with Crippen LogP contribution in [0.5, 0.6) is 11.5 Å². The van der Waals surface area contributed by atoms with E-state index in [9.17, 15) is 9.59 Å². The molecule has 0 aromatic heterocycles. The predicted octanol–water partition coefficient (Wildman–Crippen LogP) is 3.48. The van der Waals surface area contributed by atoms with Gasteiger partial charge in [0.15, 0.2) is 11.5 Å². The summed E-state index contributed by atoms with van der Waals surface area (Å²) in [5, 5.41) is 3.07. The molecule has 1 N–H and O–H groups in total. The third-order valence-corrected chi connectivity index (χ3v) is 5.07. The number of benzene rings is 1. The molecule has 1 saturated carbocycles. The van der Waals surface area contributed by atoms with E-state index in [-0.39, 0.29) is 17.8 Å². The fourth-order valence-corrected chi connectivity index (χ4v) is 3.64. The minimum absolute atomic E-state index is 0.0602. The number of carbonyl (C=O) groups excluding carboxylic acids is 2. The Hall–Kier alpha value is -2.24. The predicted molar refractivity (Wildman–Crippen MR) is 103 cm³/mol. The van der Waals surface area contributed by atoms with Crippen LogP contribution in [-0.4, -0.2) is 37.7 Å². The standard InChI is InChI=1S/C21H31NO5/c1-4-26-17-11-5-6-12-18(17)27-15-9-13-19(23)22-21(2)14-8-7-10-16(21)20(24)25-3/h5-6,11-12,16H,4,7-10,13-15H2,1-3H3,(H,22,23)/t16-,21+/m0/s1. The molecule has 1 aliphatic carbocycles. The Morgan fingerprint density at radius 3 is 2.56 bits per heavy atom. The van der Waals surface area contributed by atoms with Gasteiger partial charge >= 0.3 is 5.97 Å². The molecule has 1 fully saturated rings. The van der Waals surface area contributed by atoms with Gasteiger partial charge in [0.05, 0.1) is 31.8 Å². The normalized spacial score (nSPS) is 22.0. The van der Waals surface area contributed by atoms with Crippen molar-refractivity contribution < 1.29 is 23.8 Å². The molecule has 1 aromatic carbocycles. The first-order valence-corrected chi connectivity index (χ1v) is 9.73. The minimum Gasteiger partial charge on any atom is -0.490 e. The van der Waals surface area contributed by atoms with E-state index >= 15 is 0 Å². The molecule has 1 aromatic rings. The van der Waals surface area contributed by atoms with Crippen LogP contribution in [0.25, 0.3) is 0 Å². The lowest BCUT2D eigenvalue weighted by atomic mass is 9.73. The number of carbonyl (C=O) groups is 2. The summed E-state index contributed by atoms with van der Waals surface area (Å²) in [7, 11) is 1.40. The Morgan fingerprint density at radius 2 is 1.89 bits per heavy atom. The molecule has 6 nitrogen and oxygen atoms in total. The summed E-state index contributed by atoms with van der Waals surface area (Å²) < 4.78 is 16.2. The van der Waals surface area contributed by atoms with Crippen molar-refractivity contribution in [2.45, 2.75) is 57.9 Å². The largest absolute Gasteiger partial charge is 0.490 e. The van der Waals surface area contributed by atoms with Crippen molar-refractivity contribution in [1.82, 2.24) is 5.32 Å². The molecular formula is C21H31NO5. The highest BCUT2D eigenvalue weighted by Gasteiger charge is 2.42. The van der Waals surface area contributed by atoms with Crippen molar-refractivity contribution in [3.05, 3.63) is 24.3 Å². The number of hydrogen-bond donors (Lipinski definition) is 1. The molecule has 0 heterocycles. The number of rotatable bonds is 9. The number of para-hydroxylation sites is 2. The van der Waals surface area contributed by atoms with Gasteiger partial charge in [-0.3, -0.25) is 9.59 Å². The Labute approximate surface area is 161 Å². The second-order valence-electron chi connectivity index (χ2n) is 7.12. The van der Waals surface area contributed by atoms with E-state index in [0.29, 0.717) is 37.6 Å². The first kappa shape index (κ1) is 21.1. The molecule has 1 aliphatic rings. The van der Waals surface area contributed by atoms with Crippen LogP contribution in [0.1, 0.15) is 52.4 Å². The molecule has 0 aliphatic heterocycles. The van der Waals surface area contributed by atoms with Gasteiger partial charge in [0.2, 0.25) is 5.91 Å². The highest BCUT2D eigenvalue weighted by atomic mass is 16.5. The average molecular weight is 377 g/mol. The lowest BCUT2D eigenvalue weighted by molar-refractivity contribution is -0.150. The number of amides is 1. The number of hydrogen-bond acceptors (Lipinski definition) is 5. The Morgan fingerprint density at radius 1 is 1.19 bits per heavy atom. The molecular weight excluding hydrogens is 346 g/mol. The maximum absolute atomic E-state index is 12.4. The summed E-state index contributed by atoms with van der Waals surface area (Å²) in [6.45, 7) is 4.87. The van der Waals surface area contributed by atoms with Crippen molar-refractivity contribution in [3.63, 3.8) is 0 Å². The molecule has 0 saturated heterocycles. The van der Waals surface area contributed by atoms with E-state index in [4.69, 9.17) is 14.2 Å². The maximum Gasteiger partial charge on any atom is 0.311 e. The zero-order chi connectivity index (χ0) is 19.7. The van der Waals surface area contributed by atoms with Gasteiger partial charge in [0.25, 0.3) is 0 Å². The van der Waals surface area contributed by atoms with Crippen molar-refractivity contribution in [2.75, 3.05) is 20.3 Å². The van der Waals surface area contributed by atoms with Crippen LogP contribution in [0.2, 0.25) is 0 Å². The van der Waals surface area contributed by atoms with E-state index in [1.807, 2.05) is 38.1 Å². The molecule has 150 valence electrons. The molecule has 0 radical (unpaired) electrons. The second-order valence-corrected chi connectivity index (χ2v) is 7.12. The van der Waals surface area contributed by atoms with E-state index in [1.54, 1.807) is 0 Å². The van der Waals surface area contributed by atoms with Gasteiger partial charge in [0, 0.05) is 6.42 Å². The zero-order valence-electron chi connectivity index (χ0n) is 16.6. The van der Waals surface area contributed by atoms with Crippen molar-refractivity contribution in [2.24, 2.45) is 5.92 Å². The number of nitrogens with one attached hydrogen (secondary N) is 1. The van der Waals surface area contributed by atoms with Crippen LogP contribution < -0.4 is 14.8 Å². The minimum atomic E-state index is -0.537. The van der Waals surface area contributed by atoms with E-state index < -0.39 is 5.54 Å². The van der Waals surface area contributed by atoms with Crippen LogP contribution in [0.15, 0.2) is 24.3 Å². The number of methoxy groups -OCH3 is 1. The maximum atomic E-state index is 12.4. The first-order valence-electron chi connectivity index (χ1n) is 9.73. The molecule has 2 rings (SSSR count). The fraction of sp³-hybridized carbons (Fsp3) is 0.619. The highest BCUT2D eigenvalue weighted by molar-refractivity contribution is 5.79. The van der Waals surface area contributed by atoms with Gasteiger partial charge < -0.3 is 19.5 Å². The molecule has 0 bridgehead atoms. The van der Waals surface area contributed by atoms with Crippen LogP contribution in [0.4, 0.5) is 0 Å². The van der Waals surface area contributed by atoms with Gasteiger partial charge in [-0.15, -0.1) is 0 Å². The highest BCUT2D eigenvalue weighted by Crippen LogP contribution is 2.34. The van der Waals surface area contributed by atoms with E-state index in [1.165, 1.54) is 7.11 Å². The summed E-state index contributed by atoms with van der Waals surface area (Å²) in [5.41, 5.74) is -0.537. The van der Waals surface area contributed by atoms with Crippen LogP contribution in [0, 0.1) is 5.92 Å². The third-order valence-electron chi connectivity index (χ3n) is 5.07. The molecule has 0 unspecified atom stereocenters. The average Bonchev–Trinajstić information content (AvgIpc) is 2.66. The number of ether oxygens (including phenoxy) is 3. The van der Waals surface area contributed by atoms with Gasteiger partial charge in [-0.1, -0.05) is 25.0 Å². The molecule has 6 heteroatoms. The van der Waals surface area contributed by atoms with Crippen molar-refractivity contribution in [1.29, 1.82) is 0 Å².